The minimum absolute atomic E-state index is 0.406. The Bertz CT molecular complexity index is 180. The predicted octanol–water partition coefficient (Wildman–Crippen LogP) is 2.27. The topological polar surface area (TPSA) is 20.2 Å². The van der Waals surface area contributed by atoms with Gasteiger partial charge in [0.15, 0.2) is 0 Å². The molecule has 0 fully saturated rings. The van der Waals surface area contributed by atoms with Crippen LogP contribution in [0.5, 0.6) is 0 Å². The van der Waals surface area contributed by atoms with Crippen LogP contribution in [0.15, 0.2) is 36.5 Å². The predicted molar refractivity (Wildman–Crippen MR) is 49.8 cm³/mol. The lowest BCUT2D eigenvalue weighted by molar-refractivity contribution is 0.236. The van der Waals surface area contributed by atoms with Crippen molar-refractivity contribution in [2.75, 3.05) is 5.88 Å². The van der Waals surface area contributed by atoms with E-state index in [-0.39, 0.29) is 0 Å². The van der Waals surface area contributed by atoms with Crippen LogP contribution in [0.2, 0.25) is 0 Å². The fraction of sp³-hybridized carbons (Fsp3) is 0.333. The second-order valence-electron chi connectivity index (χ2n) is 2.38. The lowest BCUT2D eigenvalue weighted by atomic mass is 10.1. The smallest absolute Gasteiger partial charge is 0.0756 e. The molecule has 0 saturated carbocycles. The van der Waals surface area contributed by atoms with Crippen molar-refractivity contribution in [3.05, 3.63) is 36.5 Å². The van der Waals surface area contributed by atoms with Gasteiger partial charge < -0.3 is 5.11 Å². The minimum atomic E-state index is -0.505. The number of rotatable bonds is 4. The molecule has 2 heteroatoms. The number of hydrogen-bond donors (Lipinski definition) is 1. The molecule has 0 aromatic rings. The van der Waals surface area contributed by atoms with Crippen LogP contribution in [0.4, 0.5) is 0 Å². The van der Waals surface area contributed by atoms with E-state index in [0.717, 1.165) is 5.57 Å². The molecule has 0 amide bonds. The van der Waals surface area contributed by atoms with Gasteiger partial charge in [0, 0.05) is 5.88 Å². The number of aliphatic hydroxyl groups is 1. The summed E-state index contributed by atoms with van der Waals surface area (Å²) >= 11 is 5.47. The molecule has 0 spiro atoms. The highest BCUT2D eigenvalue weighted by Crippen LogP contribution is 2.03. The maximum atomic E-state index is 8.99. The highest BCUT2D eigenvalue weighted by atomic mass is 35.5. The molecule has 0 radical (unpaired) electrons. The first kappa shape index (κ1) is 10.5. The molecule has 0 aromatic carbocycles. The van der Waals surface area contributed by atoms with Gasteiger partial charge in [0.25, 0.3) is 0 Å². The molecule has 0 heterocycles. The van der Waals surface area contributed by atoms with Crippen molar-refractivity contribution in [3.8, 4) is 0 Å². The number of alkyl halides is 1. The first-order chi connectivity index (χ1) is 5.07. The van der Waals surface area contributed by atoms with E-state index < -0.39 is 6.10 Å². The molecular formula is C9H13ClO. The Morgan fingerprint density at radius 1 is 1.55 bits per heavy atom. The van der Waals surface area contributed by atoms with Crippen LogP contribution in [-0.4, -0.2) is 17.1 Å². The third-order valence-corrected chi connectivity index (χ3v) is 1.58. The average molecular weight is 173 g/mol. The number of hydrogen-bond acceptors (Lipinski definition) is 1. The van der Waals surface area contributed by atoms with E-state index in [1.165, 1.54) is 0 Å². The highest BCUT2D eigenvalue weighted by molar-refractivity contribution is 6.19. The molecule has 62 valence electrons. The molecule has 11 heavy (non-hydrogen) atoms. The van der Waals surface area contributed by atoms with Crippen molar-refractivity contribution in [1.82, 2.24) is 0 Å². The second-order valence-corrected chi connectivity index (χ2v) is 2.64. The normalized spacial score (nSPS) is 13.4. The number of aliphatic hydroxyl groups excluding tert-OH is 1. The third-order valence-electron chi connectivity index (χ3n) is 1.24. The maximum absolute atomic E-state index is 8.99. The molecule has 0 rings (SSSR count). The Morgan fingerprint density at radius 3 is 2.45 bits per heavy atom. The Labute approximate surface area is 72.7 Å². The van der Waals surface area contributed by atoms with Crippen LogP contribution < -0.4 is 0 Å². The molecule has 1 atom stereocenters. The zero-order valence-electron chi connectivity index (χ0n) is 6.68. The van der Waals surface area contributed by atoms with Gasteiger partial charge in [0.05, 0.1) is 6.10 Å². The fourth-order valence-electron chi connectivity index (χ4n) is 0.409. The van der Waals surface area contributed by atoms with Crippen LogP contribution >= 0.6 is 11.6 Å². The van der Waals surface area contributed by atoms with Gasteiger partial charge in [-0.05, 0) is 18.1 Å². The summed E-state index contributed by atoms with van der Waals surface area (Å²) in [4.78, 5) is 0. The Kier molecular flexibility index (Phi) is 4.92. The summed E-state index contributed by atoms with van der Waals surface area (Å²) in [5.74, 6) is 0.406. The van der Waals surface area contributed by atoms with E-state index in [2.05, 4.69) is 13.2 Å². The molecule has 0 aromatic heterocycles. The van der Waals surface area contributed by atoms with Crippen LogP contribution in [0.1, 0.15) is 6.92 Å². The number of halogens is 1. The van der Waals surface area contributed by atoms with Gasteiger partial charge >= 0.3 is 0 Å². The van der Waals surface area contributed by atoms with Crippen molar-refractivity contribution in [2.45, 2.75) is 13.0 Å². The van der Waals surface area contributed by atoms with E-state index in [9.17, 15) is 0 Å². The molecule has 0 aliphatic heterocycles. The van der Waals surface area contributed by atoms with E-state index in [1.807, 2.05) is 0 Å². The molecular weight excluding hydrogens is 160 g/mol. The van der Waals surface area contributed by atoms with Gasteiger partial charge in [-0.15, -0.1) is 11.6 Å². The molecule has 1 N–H and O–H groups in total. The summed E-state index contributed by atoms with van der Waals surface area (Å²) in [5, 5.41) is 8.99. The Balaban J connectivity index is 3.93. The first-order valence-corrected chi connectivity index (χ1v) is 3.90. The average Bonchev–Trinajstić information content (AvgIpc) is 1.99. The standard InChI is InChI=1S/C9H13ClO/c1-7(6-10)4-5-8(2)9(3)11/h4-5,9,11H,1-2,6H2,3H3/b5-4-. The lowest BCUT2D eigenvalue weighted by Gasteiger charge is -2.01. The molecule has 1 unspecified atom stereocenters. The maximum Gasteiger partial charge on any atom is 0.0756 e. The van der Waals surface area contributed by atoms with Crippen LogP contribution in [0.3, 0.4) is 0 Å². The fourth-order valence-corrected chi connectivity index (χ4v) is 0.498. The van der Waals surface area contributed by atoms with Gasteiger partial charge in [-0.1, -0.05) is 25.3 Å². The van der Waals surface area contributed by atoms with Gasteiger partial charge in [0.2, 0.25) is 0 Å². The Hall–Kier alpha value is -0.530. The van der Waals surface area contributed by atoms with Crippen molar-refractivity contribution in [3.63, 3.8) is 0 Å². The summed E-state index contributed by atoms with van der Waals surface area (Å²) in [6, 6.07) is 0. The summed E-state index contributed by atoms with van der Waals surface area (Å²) in [5.41, 5.74) is 1.48. The van der Waals surface area contributed by atoms with Crippen LogP contribution in [0, 0.1) is 0 Å². The molecule has 0 aliphatic rings. The summed E-state index contributed by atoms with van der Waals surface area (Å²) in [6.07, 6.45) is 2.96. The van der Waals surface area contributed by atoms with Gasteiger partial charge in [-0.2, -0.15) is 0 Å². The summed E-state index contributed by atoms with van der Waals surface area (Å²) in [6.45, 7) is 8.97. The largest absolute Gasteiger partial charge is 0.389 e. The van der Waals surface area contributed by atoms with E-state index in [1.54, 1.807) is 19.1 Å². The highest BCUT2D eigenvalue weighted by Gasteiger charge is 1.95. The minimum Gasteiger partial charge on any atom is -0.389 e. The van der Waals surface area contributed by atoms with Crippen molar-refractivity contribution >= 4 is 11.6 Å². The molecule has 0 aliphatic carbocycles. The van der Waals surface area contributed by atoms with Crippen LogP contribution in [0.25, 0.3) is 0 Å². The third kappa shape index (κ3) is 4.82. The first-order valence-electron chi connectivity index (χ1n) is 3.36. The van der Waals surface area contributed by atoms with Gasteiger partial charge in [0.1, 0.15) is 0 Å². The van der Waals surface area contributed by atoms with Crippen molar-refractivity contribution in [2.24, 2.45) is 0 Å². The van der Waals surface area contributed by atoms with E-state index in [0.29, 0.717) is 11.5 Å². The quantitative estimate of drug-likeness (QED) is 0.510. The van der Waals surface area contributed by atoms with Gasteiger partial charge in [-0.3, -0.25) is 0 Å². The van der Waals surface area contributed by atoms with E-state index >= 15 is 0 Å². The Morgan fingerprint density at radius 2 is 2.09 bits per heavy atom. The monoisotopic (exact) mass is 172 g/mol. The molecule has 0 bridgehead atoms. The van der Waals surface area contributed by atoms with Gasteiger partial charge in [-0.25, -0.2) is 0 Å². The van der Waals surface area contributed by atoms with Crippen molar-refractivity contribution < 1.29 is 5.11 Å². The van der Waals surface area contributed by atoms with Crippen LogP contribution in [-0.2, 0) is 0 Å². The second kappa shape index (κ2) is 5.16. The zero-order valence-corrected chi connectivity index (χ0v) is 7.43. The summed E-state index contributed by atoms with van der Waals surface area (Å²) in [7, 11) is 0. The molecule has 1 nitrogen and oxygen atoms in total. The number of allylic oxidation sites excluding steroid dienone is 2. The van der Waals surface area contributed by atoms with E-state index in [4.69, 9.17) is 16.7 Å². The lowest BCUT2D eigenvalue weighted by Crippen LogP contribution is -2.00. The molecule has 0 saturated heterocycles. The summed E-state index contributed by atoms with van der Waals surface area (Å²) < 4.78 is 0. The SMILES string of the molecule is C=C(/C=C\C(=C)C(C)O)CCl. The van der Waals surface area contributed by atoms with Crippen molar-refractivity contribution in [1.29, 1.82) is 0 Å². The zero-order chi connectivity index (χ0) is 8.85.